The van der Waals surface area contributed by atoms with Crippen LogP contribution in [0.4, 0.5) is 0 Å². The first-order valence-electron chi connectivity index (χ1n) is 4.89. The molecule has 1 heterocycles. The van der Waals surface area contributed by atoms with Gasteiger partial charge in [0.1, 0.15) is 0 Å². The molecule has 1 aromatic carbocycles. The Hall–Kier alpha value is -1.00. The van der Waals surface area contributed by atoms with Gasteiger partial charge in [-0.25, -0.2) is 0 Å². The van der Waals surface area contributed by atoms with Crippen molar-refractivity contribution in [2.75, 3.05) is 11.5 Å². The summed E-state index contributed by atoms with van der Waals surface area (Å²) in [6, 6.07) is 8.96. The molecule has 0 aliphatic carbocycles. The van der Waals surface area contributed by atoms with E-state index < -0.39 is 6.10 Å². The van der Waals surface area contributed by atoms with Crippen LogP contribution in [-0.4, -0.2) is 34.7 Å². The average Bonchev–Trinajstić information content (AvgIpc) is 2.66. The molecule has 1 amide bonds. The second-order valence-electron chi connectivity index (χ2n) is 3.55. The third-order valence-electron chi connectivity index (χ3n) is 2.40. The van der Waals surface area contributed by atoms with Crippen molar-refractivity contribution in [1.82, 2.24) is 5.32 Å². The van der Waals surface area contributed by atoms with Crippen LogP contribution in [-0.2, 0) is 0 Å². The molecular weight excluding hydrogens is 210 g/mol. The molecule has 0 unspecified atom stereocenters. The molecule has 2 atom stereocenters. The zero-order valence-electron chi connectivity index (χ0n) is 8.22. The van der Waals surface area contributed by atoms with Crippen LogP contribution in [0.1, 0.15) is 10.4 Å². The van der Waals surface area contributed by atoms with E-state index >= 15 is 0 Å². The van der Waals surface area contributed by atoms with E-state index in [4.69, 9.17) is 0 Å². The monoisotopic (exact) mass is 223 g/mol. The van der Waals surface area contributed by atoms with Crippen LogP contribution >= 0.6 is 11.8 Å². The molecule has 2 rings (SSSR count). The van der Waals surface area contributed by atoms with Gasteiger partial charge in [-0.3, -0.25) is 4.79 Å². The van der Waals surface area contributed by atoms with Gasteiger partial charge in [0.15, 0.2) is 0 Å². The zero-order valence-corrected chi connectivity index (χ0v) is 9.04. The highest BCUT2D eigenvalue weighted by Crippen LogP contribution is 2.18. The maximum atomic E-state index is 11.7. The summed E-state index contributed by atoms with van der Waals surface area (Å²) < 4.78 is 0. The van der Waals surface area contributed by atoms with Crippen LogP contribution in [0.2, 0.25) is 0 Å². The van der Waals surface area contributed by atoms with Crippen molar-refractivity contribution in [3.05, 3.63) is 35.9 Å². The number of aliphatic hydroxyl groups is 1. The molecule has 0 bridgehead atoms. The number of hydrogen-bond acceptors (Lipinski definition) is 3. The quantitative estimate of drug-likeness (QED) is 0.783. The molecule has 0 spiro atoms. The maximum absolute atomic E-state index is 11.7. The normalized spacial score (nSPS) is 25.1. The summed E-state index contributed by atoms with van der Waals surface area (Å²) in [6.07, 6.45) is -0.414. The predicted molar refractivity (Wildman–Crippen MR) is 61.0 cm³/mol. The van der Waals surface area contributed by atoms with Gasteiger partial charge in [0, 0.05) is 17.1 Å². The molecule has 1 aliphatic heterocycles. The SMILES string of the molecule is O=C(N[C@H]1CSC[C@@H]1O)c1ccccc1. The van der Waals surface area contributed by atoms with E-state index in [-0.39, 0.29) is 11.9 Å². The van der Waals surface area contributed by atoms with Gasteiger partial charge in [0.25, 0.3) is 5.91 Å². The number of nitrogens with one attached hydrogen (secondary N) is 1. The fourth-order valence-electron chi connectivity index (χ4n) is 1.52. The lowest BCUT2D eigenvalue weighted by atomic mass is 10.1. The highest BCUT2D eigenvalue weighted by Gasteiger charge is 2.27. The fraction of sp³-hybridized carbons (Fsp3) is 0.364. The summed E-state index contributed by atoms with van der Waals surface area (Å²) in [5, 5.41) is 12.4. The van der Waals surface area contributed by atoms with Crippen molar-refractivity contribution in [3.63, 3.8) is 0 Å². The first-order chi connectivity index (χ1) is 7.27. The Bertz CT molecular complexity index is 342. The average molecular weight is 223 g/mol. The third-order valence-corrected chi connectivity index (χ3v) is 3.57. The van der Waals surface area contributed by atoms with Gasteiger partial charge in [-0.05, 0) is 12.1 Å². The number of benzene rings is 1. The molecular formula is C11H13NO2S. The summed E-state index contributed by atoms with van der Waals surface area (Å²) in [5.74, 6) is 1.39. The smallest absolute Gasteiger partial charge is 0.251 e. The molecule has 0 aromatic heterocycles. The maximum Gasteiger partial charge on any atom is 0.251 e. The van der Waals surface area contributed by atoms with Crippen molar-refractivity contribution in [2.45, 2.75) is 12.1 Å². The topological polar surface area (TPSA) is 49.3 Å². The van der Waals surface area contributed by atoms with E-state index in [1.807, 2.05) is 18.2 Å². The molecule has 0 saturated carbocycles. The Morgan fingerprint density at radius 1 is 1.33 bits per heavy atom. The van der Waals surface area contributed by atoms with E-state index in [2.05, 4.69) is 5.32 Å². The van der Waals surface area contributed by atoms with Crippen LogP contribution in [0.5, 0.6) is 0 Å². The number of thioether (sulfide) groups is 1. The van der Waals surface area contributed by atoms with Gasteiger partial charge < -0.3 is 10.4 Å². The van der Waals surface area contributed by atoms with Gasteiger partial charge in [-0.15, -0.1) is 0 Å². The molecule has 2 N–H and O–H groups in total. The van der Waals surface area contributed by atoms with Gasteiger partial charge in [-0.2, -0.15) is 11.8 Å². The highest BCUT2D eigenvalue weighted by atomic mass is 32.2. The minimum Gasteiger partial charge on any atom is -0.390 e. The minimum absolute atomic E-state index is 0.109. The van der Waals surface area contributed by atoms with Gasteiger partial charge >= 0.3 is 0 Å². The minimum atomic E-state index is -0.414. The predicted octanol–water partition coefficient (Wildman–Crippen LogP) is 0.893. The first-order valence-corrected chi connectivity index (χ1v) is 6.04. The zero-order chi connectivity index (χ0) is 10.7. The molecule has 1 aromatic rings. The Morgan fingerprint density at radius 3 is 2.67 bits per heavy atom. The second kappa shape index (κ2) is 4.68. The molecule has 80 valence electrons. The lowest BCUT2D eigenvalue weighted by Gasteiger charge is -2.15. The number of carbonyl (C=O) groups excluding carboxylic acids is 1. The third kappa shape index (κ3) is 2.52. The molecule has 4 heteroatoms. The molecule has 1 fully saturated rings. The summed E-state index contributed by atoms with van der Waals surface area (Å²) in [5.41, 5.74) is 0.640. The van der Waals surface area contributed by atoms with Gasteiger partial charge in [0.2, 0.25) is 0 Å². The van der Waals surface area contributed by atoms with Crippen LogP contribution < -0.4 is 5.32 Å². The number of hydrogen-bond donors (Lipinski definition) is 2. The van der Waals surface area contributed by atoms with E-state index in [0.29, 0.717) is 11.3 Å². The molecule has 3 nitrogen and oxygen atoms in total. The molecule has 15 heavy (non-hydrogen) atoms. The highest BCUT2D eigenvalue weighted by molar-refractivity contribution is 7.99. The molecule has 0 radical (unpaired) electrons. The van der Waals surface area contributed by atoms with Gasteiger partial charge in [0.05, 0.1) is 12.1 Å². The number of amides is 1. The van der Waals surface area contributed by atoms with Crippen LogP contribution in [0, 0.1) is 0 Å². The Morgan fingerprint density at radius 2 is 2.07 bits per heavy atom. The van der Waals surface area contributed by atoms with Crippen LogP contribution in [0.3, 0.4) is 0 Å². The van der Waals surface area contributed by atoms with Crippen molar-refractivity contribution >= 4 is 17.7 Å². The van der Waals surface area contributed by atoms with E-state index in [1.54, 1.807) is 23.9 Å². The van der Waals surface area contributed by atoms with Crippen molar-refractivity contribution in [2.24, 2.45) is 0 Å². The number of carbonyl (C=O) groups is 1. The summed E-state index contributed by atoms with van der Waals surface area (Å²) in [7, 11) is 0. The summed E-state index contributed by atoms with van der Waals surface area (Å²) in [4.78, 5) is 11.7. The second-order valence-corrected chi connectivity index (χ2v) is 4.63. The van der Waals surface area contributed by atoms with Crippen molar-refractivity contribution < 1.29 is 9.90 Å². The summed E-state index contributed by atoms with van der Waals surface area (Å²) >= 11 is 1.66. The molecule has 1 saturated heterocycles. The van der Waals surface area contributed by atoms with Crippen molar-refractivity contribution in [1.29, 1.82) is 0 Å². The summed E-state index contributed by atoms with van der Waals surface area (Å²) in [6.45, 7) is 0. The number of aliphatic hydroxyl groups excluding tert-OH is 1. The van der Waals surface area contributed by atoms with E-state index in [0.717, 1.165) is 5.75 Å². The van der Waals surface area contributed by atoms with Crippen LogP contribution in [0.25, 0.3) is 0 Å². The van der Waals surface area contributed by atoms with E-state index in [1.165, 1.54) is 0 Å². The standard InChI is InChI=1S/C11H13NO2S/c13-10-7-15-6-9(10)12-11(14)8-4-2-1-3-5-8/h1-5,9-10,13H,6-7H2,(H,12,14)/t9-,10-/m0/s1. The lowest BCUT2D eigenvalue weighted by molar-refractivity contribution is 0.0889. The first kappa shape index (κ1) is 10.5. The number of rotatable bonds is 2. The van der Waals surface area contributed by atoms with E-state index in [9.17, 15) is 9.90 Å². The largest absolute Gasteiger partial charge is 0.390 e. The van der Waals surface area contributed by atoms with Crippen LogP contribution in [0.15, 0.2) is 30.3 Å². The molecule has 1 aliphatic rings. The fourth-order valence-corrected chi connectivity index (χ4v) is 2.69. The lowest BCUT2D eigenvalue weighted by Crippen LogP contribution is -2.42. The Labute approximate surface area is 92.9 Å². The Balaban J connectivity index is 1.98. The van der Waals surface area contributed by atoms with Crippen molar-refractivity contribution in [3.8, 4) is 0 Å². The van der Waals surface area contributed by atoms with Gasteiger partial charge in [-0.1, -0.05) is 18.2 Å². The Kier molecular flexibility index (Phi) is 3.28.